The molecule has 1 aliphatic heterocycles. The largest absolute Gasteiger partial charge is 0.493 e. The quantitative estimate of drug-likeness (QED) is 0.880. The van der Waals surface area contributed by atoms with E-state index in [2.05, 4.69) is 20.2 Å². The first kappa shape index (κ1) is 16.2. The minimum atomic E-state index is 0.0201. The standard InChI is InChI=1S/C18H22N4O2/c23-17(9-13-24-16-7-2-1-3-8-16)21-15-6-4-12-22(14-15)18-19-10-5-11-20-18/h1-3,5,7-8,10-11,15H,4,6,9,12-14H2,(H,21,23). The Kier molecular flexibility index (Phi) is 5.61. The number of piperidine rings is 1. The molecule has 0 radical (unpaired) electrons. The average molecular weight is 326 g/mol. The van der Waals surface area contributed by atoms with Gasteiger partial charge in [-0.2, -0.15) is 0 Å². The number of hydrogen-bond acceptors (Lipinski definition) is 5. The lowest BCUT2D eigenvalue weighted by molar-refractivity contribution is -0.122. The fraction of sp³-hybridized carbons (Fsp3) is 0.389. The summed E-state index contributed by atoms with van der Waals surface area (Å²) in [7, 11) is 0. The van der Waals surface area contributed by atoms with Crippen molar-refractivity contribution in [3.05, 3.63) is 48.8 Å². The van der Waals surface area contributed by atoms with Gasteiger partial charge < -0.3 is 15.0 Å². The van der Waals surface area contributed by atoms with Crippen LogP contribution >= 0.6 is 0 Å². The molecule has 1 fully saturated rings. The topological polar surface area (TPSA) is 67.3 Å². The molecule has 2 heterocycles. The van der Waals surface area contributed by atoms with Crippen molar-refractivity contribution >= 4 is 11.9 Å². The van der Waals surface area contributed by atoms with Gasteiger partial charge in [-0.3, -0.25) is 4.79 Å². The predicted molar refractivity (Wildman–Crippen MR) is 92.0 cm³/mol. The van der Waals surface area contributed by atoms with Crippen molar-refractivity contribution in [2.75, 3.05) is 24.6 Å². The van der Waals surface area contributed by atoms with E-state index in [4.69, 9.17) is 4.74 Å². The van der Waals surface area contributed by atoms with Crippen molar-refractivity contribution in [1.29, 1.82) is 0 Å². The van der Waals surface area contributed by atoms with Crippen LogP contribution in [0.5, 0.6) is 5.75 Å². The van der Waals surface area contributed by atoms with E-state index in [0.29, 0.717) is 13.0 Å². The Morgan fingerprint density at radius 3 is 2.79 bits per heavy atom. The summed E-state index contributed by atoms with van der Waals surface area (Å²) in [5.41, 5.74) is 0. The van der Waals surface area contributed by atoms with Gasteiger partial charge in [-0.25, -0.2) is 9.97 Å². The second-order valence-corrected chi connectivity index (χ2v) is 5.81. The molecule has 0 aliphatic carbocycles. The van der Waals surface area contributed by atoms with Gasteiger partial charge in [0.2, 0.25) is 11.9 Å². The minimum Gasteiger partial charge on any atom is -0.493 e. The molecule has 1 N–H and O–H groups in total. The van der Waals surface area contributed by atoms with Crippen molar-refractivity contribution in [3.63, 3.8) is 0 Å². The Hall–Kier alpha value is -2.63. The number of benzene rings is 1. The maximum Gasteiger partial charge on any atom is 0.225 e. The third-order valence-corrected chi connectivity index (χ3v) is 3.96. The molecular weight excluding hydrogens is 304 g/mol. The number of carbonyl (C=O) groups excluding carboxylic acids is 1. The monoisotopic (exact) mass is 326 g/mol. The number of amides is 1. The SMILES string of the molecule is O=C(CCOc1ccccc1)NC1CCCN(c2ncccn2)C1. The number of ether oxygens (including phenoxy) is 1. The molecule has 0 spiro atoms. The predicted octanol–water partition coefficient (Wildman–Crippen LogP) is 2.03. The van der Waals surface area contributed by atoms with Gasteiger partial charge in [0, 0.05) is 31.5 Å². The zero-order valence-corrected chi connectivity index (χ0v) is 13.6. The molecule has 1 aromatic carbocycles. The molecule has 126 valence electrons. The fourth-order valence-corrected chi connectivity index (χ4v) is 2.81. The molecule has 3 rings (SSSR count). The molecule has 1 aliphatic rings. The zero-order chi connectivity index (χ0) is 16.6. The van der Waals surface area contributed by atoms with Crippen LogP contribution in [0, 0.1) is 0 Å². The minimum absolute atomic E-state index is 0.0201. The van der Waals surface area contributed by atoms with Gasteiger partial charge in [0.15, 0.2) is 0 Å². The first-order valence-corrected chi connectivity index (χ1v) is 8.30. The summed E-state index contributed by atoms with van der Waals surface area (Å²) in [6.07, 6.45) is 5.84. The fourth-order valence-electron chi connectivity index (χ4n) is 2.81. The van der Waals surface area contributed by atoms with Crippen LogP contribution in [0.1, 0.15) is 19.3 Å². The van der Waals surface area contributed by atoms with Gasteiger partial charge in [0.25, 0.3) is 0 Å². The number of aromatic nitrogens is 2. The number of nitrogens with one attached hydrogen (secondary N) is 1. The summed E-state index contributed by atoms with van der Waals surface area (Å²) in [5.74, 6) is 1.53. The molecule has 1 saturated heterocycles. The van der Waals surface area contributed by atoms with E-state index >= 15 is 0 Å². The van der Waals surface area contributed by atoms with Gasteiger partial charge in [-0.05, 0) is 31.0 Å². The summed E-state index contributed by atoms with van der Waals surface area (Å²) in [6.45, 7) is 2.05. The summed E-state index contributed by atoms with van der Waals surface area (Å²) >= 11 is 0. The first-order valence-electron chi connectivity index (χ1n) is 8.30. The van der Waals surface area contributed by atoms with Crippen LogP contribution in [0.15, 0.2) is 48.8 Å². The van der Waals surface area contributed by atoms with E-state index in [1.165, 1.54) is 0 Å². The van der Waals surface area contributed by atoms with Crippen molar-refractivity contribution in [3.8, 4) is 5.75 Å². The maximum absolute atomic E-state index is 12.1. The Morgan fingerprint density at radius 2 is 2.00 bits per heavy atom. The van der Waals surface area contributed by atoms with E-state index in [0.717, 1.165) is 37.6 Å². The molecule has 1 atom stereocenters. The molecule has 1 unspecified atom stereocenters. The maximum atomic E-state index is 12.1. The highest BCUT2D eigenvalue weighted by atomic mass is 16.5. The van der Waals surface area contributed by atoms with Crippen LogP contribution in [0.4, 0.5) is 5.95 Å². The van der Waals surface area contributed by atoms with E-state index in [1.807, 2.05) is 30.3 Å². The number of rotatable bonds is 6. The second-order valence-electron chi connectivity index (χ2n) is 5.81. The van der Waals surface area contributed by atoms with Crippen molar-refractivity contribution < 1.29 is 9.53 Å². The molecule has 1 amide bonds. The molecule has 6 heteroatoms. The average Bonchev–Trinajstić information content (AvgIpc) is 2.63. The van der Waals surface area contributed by atoms with Crippen LogP contribution in [-0.4, -0.2) is 41.6 Å². The van der Waals surface area contributed by atoms with Crippen LogP contribution in [-0.2, 0) is 4.79 Å². The molecular formula is C18H22N4O2. The third kappa shape index (κ3) is 4.68. The highest BCUT2D eigenvalue weighted by Crippen LogP contribution is 2.15. The van der Waals surface area contributed by atoms with Crippen molar-refractivity contribution in [1.82, 2.24) is 15.3 Å². The molecule has 6 nitrogen and oxygen atoms in total. The lowest BCUT2D eigenvalue weighted by atomic mass is 10.1. The van der Waals surface area contributed by atoms with E-state index < -0.39 is 0 Å². The highest BCUT2D eigenvalue weighted by molar-refractivity contribution is 5.76. The number of hydrogen-bond donors (Lipinski definition) is 1. The second kappa shape index (κ2) is 8.29. The molecule has 24 heavy (non-hydrogen) atoms. The van der Waals surface area contributed by atoms with Crippen molar-refractivity contribution in [2.45, 2.75) is 25.3 Å². The van der Waals surface area contributed by atoms with Gasteiger partial charge >= 0.3 is 0 Å². The Bertz CT molecular complexity index is 636. The summed E-state index contributed by atoms with van der Waals surface area (Å²) < 4.78 is 5.57. The number of para-hydroxylation sites is 1. The molecule has 0 bridgehead atoms. The summed E-state index contributed by atoms with van der Waals surface area (Å²) in [4.78, 5) is 22.8. The van der Waals surface area contributed by atoms with E-state index in [-0.39, 0.29) is 11.9 Å². The van der Waals surface area contributed by atoms with E-state index in [9.17, 15) is 4.79 Å². The smallest absolute Gasteiger partial charge is 0.225 e. The molecule has 1 aromatic heterocycles. The molecule has 0 saturated carbocycles. The summed E-state index contributed by atoms with van der Waals surface area (Å²) in [6, 6.07) is 11.5. The van der Waals surface area contributed by atoms with Crippen molar-refractivity contribution in [2.24, 2.45) is 0 Å². The van der Waals surface area contributed by atoms with Crippen LogP contribution in [0.3, 0.4) is 0 Å². The number of nitrogens with zero attached hydrogens (tertiary/aromatic N) is 3. The Balaban J connectivity index is 1.42. The van der Waals surface area contributed by atoms with Gasteiger partial charge in [0.05, 0.1) is 13.0 Å². The molecule has 2 aromatic rings. The lowest BCUT2D eigenvalue weighted by Gasteiger charge is -2.33. The number of anilines is 1. The Labute approximate surface area is 141 Å². The number of carbonyl (C=O) groups is 1. The van der Waals surface area contributed by atoms with Crippen LogP contribution in [0.25, 0.3) is 0 Å². The zero-order valence-electron chi connectivity index (χ0n) is 13.6. The van der Waals surface area contributed by atoms with Gasteiger partial charge in [-0.15, -0.1) is 0 Å². The Morgan fingerprint density at radius 1 is 1.21 bits per heavy atom. The van der Waals surface area contributed by atoms with Gasteiger partial charge in [0.1, 0.15) is 5.75 Å². The third-order valence-electron chi connectivity index (χ3n) is 3.96. The first-order chi connectivity index (χ1) is 11.8. The normalized spacial score (nSPS) is 17.3. The van der Waals surface area contributed by atoms with E-state index in [1.54, 1.807) is 18.5 Å². The van der Waals surface area contributed by atoms with Crippen LogP contribution in [0.2, 0.25) is 0 Å². The summed E-state index contributed by atoms with van der Waals surface area (Å²) in [5, 5.41) is 3.09. The van der Waals surface area contributed by atoms with Crippen LogP contribution < -0.4 is 15.0 Å². The van der Waals surface area contributed by atoms with Gasteiger partial charge in [-0.1, -0.05) is 18.2 Å². The highest BCUT2D eigenvalue weighted by Gasteiger charge is 2.22. The lowest BCUT2D eigenvalue weighted by Crippen LogP contribution is -2.48.